The molecule has 1 N–H and O–H groups in total. The Labute approximate surface area is 106 Å². The number of nitrogens with zero attached hydrogens (tertiary/aromatic N) is 1. The highest BCUT2D eigenvalue weighted by Gasteiger charge is 2.17. The highest BCUT2D eigenvalue weighted by atomic mass is 16.5. The van der Waals surface area contributed by atoms with Gasteiger partial charge in [0, 0.05) is 38.8 Å². The van der Waals surface area contributed by atoms with Gasteiger partial charge in [0.2, 0.25) is 0 Å². The first-order chi connectivity index (χ1) is 8.27. The number of nitrogens with one attached hydrogen (secondary N) is 1. The number of ether oxygens (including phenoxy) is 2. The fraction of sp³-hybridized carbons (Fsp3) is 1.00. The Morgan fingerprint density at radius 1 is 1.47 bits per heavy atom. The minimum Gasteiger partial charge on any atom is -0.383 e. The third kappa shape index (κ3) is 5.82. The first-order valence-corrected chi connectivity index (χ1v) is 6.82. The van der Waals surface area contributed by atoms with Crippen LogP contribution in [0, 0.1) is 0 Å². The predicted octanol–water partition coefficient (Wildman–Crippen LogP) is 1.11. The van der Waals surface area contributed by atoms with Crippen molar-refractivity contribution < 1.29 is 9.47 Å². The number of methoxy groups -OCH3 is 1. The van der Waals surface area contributed by atoms with Crippen LogP contribution in [0.3, 0.4) is 0 Å². The Kier molecular flexibility index (Phi) is 7.77. The Morgan fingerprint density at radius 3 is 2.88 bits per heavy atom. The van der Waals surface area contributed by atoms with E-state index in [-0.39, 0.29) is 0 Å². The summed E-state index contributed by atoms with van der Waals surface area (Å²) in [5.74, 6) is 0. The third-order valence-corrected chi connectivity index (χ3v) is 3.56. The highest BCUT2D eigenvalue weighted by molar-refractivity contribution is 4.74. The van der Waals surface area contributed by atoms with E-state index >= 15 is 0 Å². The summed E-state index contributed by atoms with van der Waals surface area (Å²) in [6.45, 7) is 10.2. The summed E-state index contributed by atoms with van der Waals surface area (Å²) < 4.78 is 10.7. The molecule has 0 aromatic carbocycles. The average Bonchev–Trinajstić information content (AvgIpc) is 2.39. The van der Waals surface area contributed by atoms with E-state index < -0.39 is 0 Å². The van der Waals surface area contributed by atoms with Crippen LogP contribution in [0.4, 0.5) is 0 Å². The summed E-state index contributed by atoms with van der Waals surface area (Å²) in [5.41, 5.74) is 0. The Bertz CT molecular complexity index is 184. The summed E-state index contributed by atoms with van der Waals surface area (Å²) in [4.78, 5) is 2.51. The summed E-state index contributed by atoms with van der Waals surface area (Å²) in [6.07, 6.45) is 2.35. The van der Waals surface area contributed by atoms with Crippen LogP contribution in [0.5, 0.6) is 0 Å². The lowest BCUT2D eigenvalue weighted by Crippen LogP contribution is -2.45. The molecule has 1 heterocycles. The van der Waals surface area contributed by atoms with Gasteiger partial charge in [0.25, 0.3) is 0 Å². The Hall–Kier alpha value is -0.160. The molecule has 102 valence electrons. The molecule has 2 unspecified atom stereocenters. The second-order valence-electron chi connectivity index (χ2n) is 4.80. The fourth-order valence-corrected chi connectivity index (χ4v) is 2.15. The van der Waals surface area contributed by atoms with Crippen molar-refractivity contribution in [3.8, 4) is 0 Å². The van der Waals surface area contributed by atoms with Crippen LogP contribution in [-0.2, 0) is 9.47 Å². The predicted molar refractivity (Wildman–Crippen MR) is 70.4 cm³/mol. The van der Waals surface area contributed by atoms with Crippen molar-refractivity contribution in [3.63, 3.8) is 0 Å². The van der Waals surface area contributed by atoms with E-state index in [0.717, 1.165) is 45.9 Å². The fourth-order valence-electron chi connectivity index (χ4n) is 2.15. The maximum atomic E-state index is 5.48. The van der Waals surface area contributed by atoms with E-state index in [0.29, 0.717) is 12.1 Å². The summed E-state index contributed by atoms with van der Waals surface area (Å²) in [7, 11) is 1.77. The number of rotatable bonds is 8. The van der Waals surface area contributed by atoms with Gasteiger partial charge in [-0.25, -0.2) is 0 Å². The van der Waals surface area contributed by atoms with E-state index in [4.69, 9.17) is 9.47 Å². The zero-order valence-electron chi connectivity index (χ0n) is 11.6. The molecule has 4 nitrogen and oxygen atoms in total. The molecule has 2 atom stereocenters. The van der Waals surface area contributed by atoms with Gasteiger partial charge in [-0.15, -0.1) is 0 Å². The van der Waals surface area contributed by atoms with Crippen molar-refractivity contribution in [2.75, 3.05) is 46.6 Å². The molecule has 0 aromatic heterocycles. The number of hydrogen-bond donors (Lipinski definition) is 1. The van der Waals surface area contributed by atoms with Gasteiger partial charge < -0.3 is 14.8 Å². The van der Waals surface area contributed by atoms with Crippen molar-refractivity contribution in [1.29, 1.82) is 0 Å². The van der Waals surface area contributed by atoms with E-state index in [9.17, 15) is 0 Å². The molecule has 1 aliphatic heterocycles. The SMILES string of the molecule is CCC(C)N(CCOC)CCC1COCCN1. The molecule has 0 bridgehead atoms. The Morgan fingerprint density at radius 2 is 2.29 bits per heavy atom. The van der Waals surface area contributed by atoms with Crippen molar-refractivity contribution in [2.24, 2.45) is 0 Å². The lowest BCUT2D eigenvalue weighted by molar-refractivity contribution is 0.0638. The molecule has 0 radical (unpaired) electrons. The van der Waals surface area contributed by atoms with Gasteiger partial charge in [-0.1, -0.05) is 6.92 Å². The molecule has 17 heavy (non-hydrogen) atoms. The second kappa shape index (κ2) is 8.86. The van der Waals surface area contributed by atoms with E-state index in [1.807, 2.05) is 0 Å². The molecular formula is C13H28N2O2. The minimum atomic E-state index is 0.526. The highest BCUT2D eigenvalue weighted by Crippen LogP contribution is 2.07. The molecule has 1 rings (SSSR count). The van der Waals surface area contributed by atoms with Crippen molar-refractivity contribution in [2.45, 2.75) is 38.8 Å². The average molecular weight is 244 g/mol. The van der Waals surface area contributed by atoms with Crippen molar-refractivity contribution in [3.05, 3.63) is 0 Å². The van der Waals surface area contributed by atoms with Gasteiger partial charge in [-0.05, 0) is 19.8 Å². The minimum absolute atomic E-state index is 0.526. The van der Waals surface area contributed by atoms with Crippen LogP contribution < -0.4 is 5.32 Å². The van der Waals surface area contributed by atoms with E-state index in [1.165, 1.54) is 6.42 Å². The molecule has 1 aliphatic rings. The molecule has 0 aromatic rings. The van der Waals surface area contributed by atoms with Gasteiger partial charge in [0.05, 0.1) is 19.8 Å². The van der Waals surface area contributed by atoms with Crippen LogP contribution in [-0.4, -0.2) is 63.5 Å². The molecule has 0 amide bonds. The second-order valence-corrected chi connectivity index (χ2v) is 4.80. The Balaban J connectivity index is 2.26. The number of hydrogen-bond acceptors (Lipinski definition) is 4. The van der Waals surface area contributed by atoms with Crippen LogP contribution in [0.2, 0.25) is 0 Å². The van der Waals surface area contributed by atoms with Crippen LogP contribution in [0.1, 0.15) is 26.7 Å². The van der Waals surface area contributed by atoms with Gasteiger partial charge in [-0.2, -0.15) is 0 Å². The molecule has 0 spiro atoms. The smallest absolute Gasteiger partial charge is 0.0620 e. The standard InChI is InChI=1S/C13H28N2O2/c1-4-12(2)15(8-10-16-3)7-5-13-11-17-9-6-14-13/h12-14H,4-11H2,1-3H3. The molecule has 0 saturated carbocycles. The largest absolute Gasteiger partial charge is 0.383 e. The van der Waals surface area contributed by atoms with Gasteiger partial charge in [0.15, 0.2) is 0 Å². The summed E-state index contributed by atoms with van der Waals surface area (Å²) in [5, 5.41) is 3.50. The zero-order chi connectivity index (χ0) is 12.5. The molecule has 4 heteroatoms. The summed E-state index contributed by atoms with van der Waals surface area (Å²) >= 11 is 0. The topological polar surface area (TPSA) is 33.7 Å². The molecule has 1 fully saturated rings. The van der Waals surface area contributed by atoms with Gasteiger partial charge >= 0.3 is 0 Å². The first-order valence-electron chi connectivity index (χ1n) is 6.82. The van der Waals surface area contributed by atoms with E-state index in [2.05, 4.69) is 24.1 Å². The lowest BCUT2D eigenvalue weighted by atomic mass is 10.1. The van der Waals surface area contributed by atoms with Gasteiger partial charge in [0.1, 0.15) is 0 Å². The van der Waals surface area contributed by atoms with Crippen molar-refractivity contribution >= 4 is 0 Å². The van der Waals surface area contributed by atoms with Crippen LogP contribution >= 0.6 is 0 Å². The van der Waals surface area contributed by atoms with Crippen LogP contribution in [0.15, 0.2) is 0 Å². The molecule has 0 aliphatic carbocycles. The number of morpholine rings is 1. The monoisotopic (exact) mass is 244 g/mol. The maximum absolute atomic E-state index is 5.48. The third-order valence-electron chi connectivity index (χ3n) is 3.56. The zero-order valence-corrected chi connectivity index (χ0v) is 11.6. The van der Waals surface area contributed by atoms with Gasteiger partial charge in [-0.3, -0.25) is 4.90 Å². The quantitative estimate of drug-likeness (QED) is 0.693. The summed E-state index contributed by atoms with van der Waals surface area (Å²) in [6, 6.07) is 1.16. The maximum Gasteiger partial charge on any atom is 0.0620 e. The lowest BCUT2D eigenvalue weighted by Gasteiger charge is -2.31. The van der Waals surface area contributed by atoms with Crippen molar-refractivity contribution in [1.82, 2.24) is 10.2 Å². The first kappa shape index (κ1) is 14.9. The normalized spacial score (nSPS) is 22.9. The molecular weight excluding hydrogens is 216 g/mol. The molecule has 1 saturated heterocycles. The van der Waals surface area contributed by atoms with Crippen LogP contribution in [0.25, 0.3) is 0 Å². The van der Waals surface area contributed by atoms with E-state index in [1.54, 1.807) is 7.11 Å².